The van der Waals surface area contributed by atoms with Gasteiger partial charge in [0.05, 0.1) is 28.7 Å². The number of carbonyl (C=O) groups is 1. The highest BCUT2D eigenvalue weighted by Crippen LogP contribution is 2.37. The SMILES string of the molecule is O=C(C1CC(c2cccc(C(F)(F)F)c2)=NO1)N1CCC(NC2CCC(O)(c3ccc(-c4ncco4)cn3)CC2)C1. The maximum atomic E-state index is 13.1. The smallest absolute Gasteiger partial charge is 0.416 e. The lowest BCUT2D eigenvalue weighted by Gasteiger charge is -2.37. The van der Waals surface area contributed by atoms with Gasteiger partial charge in [0.15, 0.2) is 0 Å². The minimum absolute atomic E-state index is 0.110. The molecule has 1 aromatic carbocycles. The molecule has 2 unspecified atom stereocenters. The minimum Gasteiger partial charge on any atom is -0.444 e. The van der Waals surface area contributed by atoms with Gasteiger partial charge in [-0.05, 0) is 56.4 Å². The van der Waals surface area contributed by atoms with Gasteiger partial charge in [-0.25, -0.2) is 4.98 Å². The van der Waals surface area contributed by atoms with Gasteiger partial charge in [0.25, 0.3) is 5.91 Å². The first-order chi connectivity index (χ1) is 19.7. The maximum Gasteiger partial charge on any atom is 0.416 e. The first-order valence-corrected chi connectivity index (χ1v) is 13.7. The molecule has 0 bridgehead atoms. The van der Waals surface area contributed by atoms with Crippen LogP contribution < -0.4 is 5.32 Å². The molecule has 3 aromatic rings. The Labute approximate surface area is 234 Å². The number of hydrogen-bond acceptors (Lipinski definition) is 8. The van der Waals surface area contributed by atoms with E-state index in [9.17, 15) is 23.1 Å². The summed E-state index contributed by atoms with van der Waals surface area (Å²) in [5.41, 5.74) is 0.251. The molecule has 9 nitrogen and oxygen atoms in total. The minimum atomic E-state index is -4.46. The third-order valence-corrected chi connectivity index (χ3v) is 8.17. The van der Waals surface area contributed by atoms with E-state index in [2.05, 4.69) is 20.4 Å². The highest BCUT2D eigenvalue weighted by atomic mass is 19.4. The zero-order valence-electron chi connectivity index (χ0n) is 22.2. The molecule has 2 atom stereocenters. The molecule has 1 amide bonds. The van der Waals surface area contributed by atoms with E-state index in [1.165, 1.54) is 18.4 Å². The van der Waals surface area contributed by atoms with Gasteiger partial charge in [-0.15, -0.1) is 0 Å². The van der Waals surface area contributed by atoms with E-state index < -0.39 is 23.4 Å². The summed E-state index contributed by atoms with van der Waals surface area (Å²) in [5, 5.41) is 18.8. The molecule has 1 aliphatic carbocycles. The number of aliphatic hydroxyl groups is 1. The van der Waals surface area contributed by atoms with Crippen LogP contribution in [0.4, 0.5) is 13.2 Å². The Morgan fingerprint density at radius 3 is 2.61 bits per heavy atom. The monoisotopic (exact) mass is 569 g/mol. The Kier molecular flexibility index (Phi) is 7.28. The van der Waals surface area contributed by atoms with Crippen molar-refractivity contribution in [1.82, 2.24) is 20.2 Å². The van der Waals surface area contributed by atoms with Crippen molar-refractivity contribution >= 4 is 11.6 Å². The summed E-state index contributed by atoms with van der Waals surface area (Å²) in [6.07, 6.45) is 3.01. The number of alkyl halides is 3. The highest BCUT2D eigenvalue weighted by Gasteiger charge is 2.39. The quantitative estimate of drug-likeness (QED) is 0.456. The Balaban J connectivity index is 0.978. The third-order valence-electron chi connectivity index (χ3n) is 8.17. The third kappa shape index (κ3) is 5.84. The number of likely N-dealkylation sites (tertiary alicyclic amines) is 1. The molecule has 216 valence electrons. The molecular weight excluding hydrogens is 539 g/mol. The van der Waals surface area contributed by atoms with Gasteiger partial charge in [-0.1, -0.05) is 17.3 Å². The van der Waals surface area contributed by atoms with E-state index in [0.29, 0.717) is 48.8 Å². The predicted molar refractivity (Wildman–Crippen MR) is 141 cm³/mol. The molecule has 2 N–H and O–H groups in total. The predicted octanol–water partition coefficient (Wildman–Crippen LogP) is 4.27. The average Bonchev–Trinajstić information content (AvgIpc) is 3.77. The first-order valence-electron chi connectivity index (χ1n) is 13.7. The van der Waals surface area contributed by atoms with Crippen LogP contribution in [0.3, 0.4) is 0 Å². The van der Waals surface area contributed by atoms with Crippen LogP contribution in [0.5, 0.6) is 0 Å². The summed E-state index contributed by atoms with van der Waals surface area (Å²) in [7, 11) is 0. The number of amides is 1. The van der Waals surface area contributed by atoms with Crippen molar-refractivity contribution in [2.75, 3.05) is 13.1 Å². The number of oxazole rings is 1. The van der Waals surface area contributed by atoms with E-state index in [1.54, 1.807) is 17.3 Å². The summed E-state index contributed by atoms with van der Waals surface area (Å²) in [6.45, 7) is 1.08. The topological polar surface area (TPSA) is 113 Å². The van der Waals surface area contributed by atoms with Crippen LogP contribution in [0.2, 0.25) is 0 Å². The normalized spacial score (nSPS) is 26.6. The molecule has 2 fully saturated rings. The number of carbonyl (C=O) groups excluding carboxylic acids is 1. The first kappa shape index (κ1) is 27.4. The lowest BCUT2D eigenvalue weighted by Crippen LogP contribution is -2.46. The van der Waals surface area contributed by atoms with E-state index in [0.717, 1.165) is 37.0 Å². The lowest BCUT2D eigenvalue weighted by atomic mass is 9.79. The molecule has 4 heterocycles. The summed E-state index contributed by atoms with van der Waals surface area (Å²) in [6, 6.07) is 8.88. The van der Waals surface area contributed by atoms with Gasteiger partial charge in [-0.2, -0.15) is 13.2 Å². The van der Waals surface area contributed by atoms with Gasteiger partial charge >= 0.3 is 6.18 Å². The van der Waals surface area contributed by atoms with Crippen molar-refractivity contribution in [1.29, 1.82) is 0 Å². The maximum absolute atomic E-state index is 13.1. The van der Waals surface area contributed by atoms with Crippen molar-refractivity contribution in [3.63, 3.8) is 0 Å². The molecule has 2 aromatic heterocycles. The number of pyridine rings is 1. The van der Waals surface area contributed by atoms with Gasteiger partial charge in [-0.3, -0.25) is 9.78 Å². The van der Waals surface area contributed by atoms with Crippen LogP contribution in [0.25, 0.3) is 11.5 Å². The van der Waals surface area contributed by atoms with Crippen LogP contribution in [0, 0.1) is 0 Å². The number of halogens is 3. The van der Waals surface area contributed by atoms with Crippen LogP contribution in [0.15, 0.2) is 64.6 Å². The molecule has 6 rings (SSSR count). The number of benzene rings is 1. The van der Waals surface area contributed by atoms with Gasteiger partial charge in [0.1, 0.15) is 11.9 Å². The van der Waals surface area contributed by atoms with Gasteiger partial charge in [0.2, 0.25) is 12.0 Å². The molecule has 1 saturated carbocycles. The Bertz CT molecular complexity index is 1400. The Morgan fingerprint density at radius 2 is 1.90 bits per heavy atom. The fourth-order valence-electron chi connectivity index (χ4n) is 5.87. The number of aromatic nitrogens is 2. The number of nitrogens with one attached hydrogen (secondary N) is 1. The summed E-state index contributed by atoms with van der Waals surface area (Å²) in [4.78, 5) is 28.8. The van der Waals surface area contributed by atoms with E-state index in [-0.39, 0.29) is 24.4 Å². The second kappa shape index (κ2) is 10.9. The molecule has 12 heteroatoms. The van der Waals surface area contributed by atoms with Crippen molar-refractivity contribution in [3.05, 3.63) is 71.9 Å². The zero-order chi connectivity index (χ0) is 28.6. The Morgan fingerprint density at radius 1 is 1.07 bits per heavy atom. The van der Waals surface area contributed by atoms with Crippen molar-refractivity contribution < 1.29 is 32.3 Å². The van der Waals surface area contributed by atoms with Crippen LogP contribution in [0.1, 0.15) is 55.3 Å². The van der Waals surface area contributed by atoms with Crippen LogP contribution in [-0.2, 0) is 21.4 Å². The van der Waals surface area contributed by atoms with Crippen LogP contribution in [-0.4, -0.2) is 62.9 Å². The number of hydrogen-bond donors (Lipinski definition) is 2. The molecule has 0 spiro atoms. The van der Waals surface area contributed by atoms with Gasteiger partial charge in [0, 0.05) is 43.4 Å². The molecule has 2 aliphatic heterocycles. The molecule has 1 saturated heterocycles. The Hall–Kier alpha value is -3.77. The zero-order valence-corrected chi connectivity index (χ0v) is 22.2. The second-order valence-electron chi connectivity index (χ2n) is 10.9. The highest BCUT2D eigenvalue weighted by molar-refractivity contribution is 6.04. The van der Waals surface area contributed by atoms with E-state index >= 15 is 0 Å². The standard InChI is InChI=1S/C29H30F3N5O4/c30-29(31,32)20-3-1-2-18(14-20)23-15-24(41-36-23)27(38)37-12-8-22(17-37)35-21-6-9-28(39,10-7-21)25-5-4-19(16-34-25)26-33-11-13-40-26/h1-5,11,13-14,16,21-22,24,35,39H,6-10,12,15,17H2. The van der Waals surface area contributed by atoms with Crippen molar-refractivity contribution in [3.8, 4) is 11.5 Å². The lowest BCUT2D eigenvalue weighted by molar-refractivity contribution is -0.141. The van der Waals surface area contributed by atoms with Crippen molar-refractivity contribution in [2.24, 2.45) is 5.16 Å². The number of rotatable bonds is 6. The molecule has 41 heavy (non-hydrogen) atoms. The van der Waals surface area contributed by atoms with Gasteiger partial charge < -0.3 is 24.6 Å². The summed E-state index contributed by atoms with van der Waals surface area (Å²) >= 11 is 0. The van der Waals surface area contributed by atoms with Crippen molar-refractivity contribution in [2.45, 2.75) is 68.5 Å². The average molecular weight is 570 g/mol. The number of oxime groups is 1. The number of nitrogens with zero attached hydrogens (tertiary/aromatic N) is 4. The molecule has 3 aliphatic rings. The fraction of sp³-hybridized carbons (Fsp3) is 0.448. The summed E-state index contributed by atoms with van der Waals surface area (Å²) in [5.74, 6) is 0.272. The fourth-order valence-corrected chi connectivity index (χ4v) is 5.87. The molecular formula is C29H30F3N5O4. The second-order valence-corrected chi connectivity index (χ2v) is 10.9. The van der Waals surface area contributed by atoms with Crippen LogP contribution >= 0.6 is 0 Å². The van der Waals surface area contributed by atoms with E-state index in [1.807, 2.05) is 12.1 Å². The van der Waals surface area contributed by atoms with E-state index in [4.69, 9.17) is 9.25 Å². The molecule has 0 radical (unpaired) electrons. The largest absolute Gasteiger partial charge is 0.444 e. The summed E-state index contributed by atoms with van der Waals surface area (Å²) < 4.78 is 44.6.